The average Bonchev–Trinajstić information content (AvgIpc) is 2.84. The van der Waals surface area contributed by atoms with Crippen LogP contribution in [0.25, 0.3) is 11.4 Å². The zero-order chi connectivity index (χ0) is 14.3. The van der Waals surface area contributed by atoms with Crippen LogP contribution in [-0.2, 0) is 0 Å². The van der Waals surface area contributed by atoms with Crippen molar-refractivity contribution in [2.45, 2.75) is 31.8 Å². The average molecular weight is 275 g/mol. The number of hydrogen-bond acceptors (Lipinski definition) is 6. The first-order valence-corrected chi connectivity index (χ1v) is 6.31. The summed E-state index contributed by atoms with van der Waals surface area (Å²) in [6.45, 7) is 1.84. The van der Waals surface area contributed by atoms with Crippen LogP contribution in [-0.4, -0.2) is 26.3 Å². The summed E-state index contributed by atoms with van der Waals surface area (Å²) in [6.07, 6.45) is 0.945. The van der Waals surface area contributed by atoms with E-state index in [0.29, 0.717) is 30.1 Å². The highest BCUT2D eigenvalue weighted by molar-refractivity contribution is 5.63. The van der Waals surface area contributed by atoms with Crippen molar-refractivity contribution >= 4 is 5.69 Å². The fourth-order valence-electron chi connectivity index (χ4n) is 2.26. The van der Waals surface area contributed by atoms with Crippen molar-refractivity contribution < 1.29 is 14.6 Å². The lowest BCUT2D eigenvalue weighted by molar-refractivity contribution is -0.384. The number of rotatable bonds is 3. The van der Waals surface area contributed by atoms with Crippen LogP contribution in [0.15, 0.2) is 22.7 Å². The normalized spacial score (nSPS) is 21.5. The van der Waals surface area contributed by atoms with E-state index in [0.717, 1.165) is 5.56 Å². The van der Waals surface area contributed by atoms with E-state index in [1.807, 2.05) is 6.92 Å². The molecule has 0 amide bonds. The Labute approximate surface area is 114 Å². The molecule has 0 atom stereocenters. The first-order valence-electron chi connectivity index (χ1n) is 6.31. The SMILES string of the molecule is Cc1ccc([N+](=O)[O-])cc1-c1noc(C2CC(O)C2)n1. The van der Waals surface area contributed by atoms with E-state index in [-0.39, 0.29) is 17.7 Å². The number of aliphatic hydroxyl groups excluding tert-OH is 1. The molecule has 1 aromatic heterocycles. The van der Waals surface area contributed by atoms with E-state index in [1.54, 1.807) is 6.07 Å². The summed E-state index contributed by atoms with van der Waals surface area (Å²) in [7, 11) is 0. The van der Waals surface area contributed by atoms with Crippen molar-refractivity contribution in [1.29, 1.82) is 0 Å². The van der Waals surface area contributed by atoms with Gasteiger partial charge in [0, 0.05) is 23.6 Å². The summed E-state index contributed by atoms with van der Waals surface area (Å²) in [5.41, 5.74) is 1.43. The van der Waals surface area contributed by atoms with Gasteiger partial charge in [-0.15, -0.1) is 0 Å². The molecule has 0 spiro atoms. The van der Waals surface area contributed by atoms with E-state index >= 15 is 0 Å². The fourth-order valence-corrected chi connectivity index (χ4v) is 2.26. The Kier molecular flexibility index (Phi) is 2.98. The van der Waals surface area contributed by atoms with Gasteiger partial charge < -0.3 is 9.63 Å². The van der Waals surface area contributed by atoms with Crippen molar-refractivity contribution in [2.75, 3.05) is 0 Å². The van der Waals surface area contributed by atoms with Gasteiger partial charge in [0.1, 0.15) is 0 Å². The van der Waals surface area contributed by atoms with Crippen molar-refractivity contribution in [3.05, 3.63) is 39.8 Å². The molecule has 1 saturated carbocycles. The highest BCUT2D eigenvalue weighted by Crippen LogP contribution is 2.36. The van der Waals surface area contributed by atoms with Crippen LogP contribution in [0.4, 0.5) is 5.69 Å². The molecule has 0 bridgehead atoms. The zero-order valence-electron chi connectivity index (χ0n) is 10.8. The standard InChI is InChI=1S/C13H13N3O4/c1-7-2-3-9(16(18)19)6-11(7)12-14-13(20-15-12)8-4-10(17)5-8/h2-3,6,8,10,17H,4-5H2,1H3. The Morgan fingerprint density at radius 3 is 2.85 bits per heavy atom. The third kappa shape index (κ3) is 2.16. The molecule has 0 aliphatic heterocycles. The van der Waals surface area contributed by atoms with Crippen LogP contribution in [0.1, 0.15) is 30.2 Å². The summed E-state index contributed by atoms with van der Waals surface area (Å²) in [4.78, 5) is 14.6. The number of aryl methyl sites for hydroxylation is 1. The van der Waals surface area contributed by atoms with Gasteiger partial charge in [-0.3, -0.25) is 10.1 Å². The summed E-state index contributed by atoms with van der Waals surface area (Å²) in [5, 5.41) is 24.0. The quantitative estimate of drug-likeness (QED) is 0.680. The largest absolute Gasteiger partial charge is 0.393 e. The first kappa shape index (κ1) is 12.7. The highest BCUT2D eigenvalue weighted by atomic mass is 16.6. The molecular formula is C13H13N3O4. The second-order valence-corrected chi connectivity index (χ2v) is 5.03. The molecule has 0 radical (unpaired) electrons. The molecular weight excluding hydrogens is 262 g/mol. The van der Waals surface area contributed by atoms with Gasteiger partial charge in [0.05, 0.1) is 11.0 Å². The van der Waals surface area contributed by atoms with E-state index in [1.165, 1.54) is 12.1 Å². The van der Waals surface area contributed by atoms with E-state index in [2.05, 4.69) is 10.1 Å². The van der Waals surface area contributed by atoms with Gasteiger partial charge in [-0.2, -0.15) is 4.98 Å². The number of aliphatic hydroxyl groups is 1. The van der Waals surface area contributed by atoms with Crippen molar-refractivity contribution in [3.8, 4) is 11.4 Å². The topological polar surface area (TPSA) is 102 Å². The minimum atomic E-state index is -0.452. The fraction of sp³-hybridized carbons (Fsp3) is 0.385. The molecule has 1 heterocycles. The van der Waals surface area contributed by atoms with Gasteiger partial charge in [0.15, 0.2) is 0 Å². The number of nitro groups is 1. The number of benzene rings is 1. The predicted octanol–water partition coefficient (Wildman–Crippen LogP) is 2.19. The lowest BCUT2D eigenvalue weighted by Crippen LogP contribution is -2.26. The lowest BCUT2D eigenvalue weighted by atomic mass is 9.82. The molecule has 1 aliphatic rings. The van der Waals surface area contributed by atoms with Crippen LogP contribution in [0.2, 0.25) is 0 Å². The number of hydrogen-bond donors (Lipinski definition) is 1. The monoisotopic (exact) mass is 275 g/mol. The third-order valence-electron chi connectivity index (χ3n) is 3.58. The lowest BCUT2D eigenvalue weighted by Gasteiger charge is -2.27. The van der Waals surface area contributed by atoms with Crippen molar-refractivity contribution in [3.63, 3.8) is 0 Å². The summed E-state index contributed by atoms with van der Waals surface area (Å²) >= 11 is 0. The maximum Gasteiger partial charge on any atom is 0.270 e. The van der Waals surface area contributed by atoms with Gasteiger partial charge >= 0.3 is 0 Å². The van der Waals surface area contributed by atoms with Gasteiger partial charge in [0.2, 0.25) is 11.7 Å². The Bertz CT molecular complexity index is 661. The van der Waals surface area contributed by atoms with Crippen LogP contribution in [0.5, 0.6) is 0 Å². The molecule has 104 valence electrons. The molecule has 1 aliphatic carbocycles. The maximum absolute atomic E-state index is 10.8. The molecule has 1 N–H and O–H groups in total. The molecule has 7 nitrogen and oxygen atoms in total. The Morgan fingerprint density at radius 2 is 2.20 bits per heavy atom. The number of nitrogens with zero attached hydrogens (tertiary/aromatic N) is 3. The summed E-state index contributed by atoms with van der Waals surface area (Å²) < 4.78 is 5.18. The van der Waals surface area contributed by atoms with Gasteiger partial charge in [-0.25, -0.2) is 0 Å². The zero-order valence-corrected chi connectivity index (χ0v) is 10.8. The minimum absolute atomic E-state index is 0.00369. The van der Waals surface area contributed by atoms with E-state index in [9.17, 15) is 15.2 Å². The van der Waals surface area contributed by atoms with Gasteiger partial charge in [-0.05, 0) is 25.3 Å². The van der Waals surface area contributed by atoms with Crippen molar-refractivity contribution in [2.24, 2.45) is 0 Å². The molecule has 0 saturated heterocycles. The van der Waals surface area contributed by atoms with Crippen molar-refractivity contribution in [1.82, 2.24) is 10.1 Å². The van der Waals surface area contributed by atoms with Gasteiger partial charge in [0.25, 0.3) is 5.69 Å². The Hall–Kier alpha value is -2.28. The smallest absolute Gasteiger partial charge is 0.270 e. The van der Waals surface area contributed by atoms with Crippen LogP contribution >= 0.6 is 0 Å². The molecule has 1 aromatic carbocycles. The van der Waals surface area contributed by atoms with E-state index in [4.69, 9.17) is 4.52 Å². The molecule has 7 heteroatoms. The molecule has 2 aromatic rings. The Balaban J connectivity index is 1.92. The van der Waals surface area contributed by atoms with Crippen LogP contribution in [0, 0.1) is 17.0 Å². The molecule has 0 unspecified atom stereocenters. The molecule has 3 rings (SSSR count). The number of non-ortho nitro benzene ring substituents is 1. The Morgan fingerprint density at radius 1 is 1.45 bits per heavy atom. The number of aromatic nitrogens is 2. The van der Waals surface area contributed by atoms with Crippen LogP contribution in [0.3, 0.4) is 0 Å². The highest BCUT2D eigenvalue weighted by Gasteiger charge is 2.33. The minimum Gasteiger partial charge on any atom is -0.393 e. The third-order valence-corrected chi connectivity index (χ3v) is 3.58. The predicted molar refractivity (Wildman–Crippen MR) is 69.1 cm³/mol. The maximum atomic E-state index is 10.8. The van der Waals surface area contributed by atoms with Crippen LogP contribution < -0.4 is 0 Å². The second-order valence-electron chi connectivity index (χ2n) is 5.03. The first-order chi connectivity index (χ1) is 9.54. The molecule has 1 fully saturated rings. The van der Waals surface area contributed by atoms with Gasteiger partial charge in [-0.1, -0.05) is 11.2 Å². The second kappa shape index (κ2) is 4.68. The van der Waals surface area contributed by atoms with E-state index < -0.39 is 4.92 Å². The number of nitro benzene ring substituents is 1. The summed E-state index contributed by atoms with van der Waals surface area (Å²) in [6, 6.07) is 4.55. The molecule has 20 heavy (non-hydrogen) atoms. The summed E-state index contributed by atoms with van der Waals surface area (Å²) in [5.74, 6) is 0.920.